The quantitative estimate of drug-likeness (QED) is 0.683. The Morgan fingerprint density at radius 3 is 1.97 bits per heavy atom. The van der Waals surface area contributed by atoms with Gasteiger partial charge < -0.3 is 4.90 Å². The third-order valence-corrected chi connectivity index (χ3v) is 8.39. The monoisotopic (exact) mass is 451 g/mol. The SMILES string of the molecule is CN(CC(=O)N1CCC(NS(=O)(=O)c2ccccc2)CC1)S(=O)(=O)c1ccccc1. The largest absolute Gasteiger partial charge is 0.341 e. The number of rotatable bonds is 7. The first kappa shape index (κ1) is 22.4. The van der Waals surface area contributed by atoms with Crippen molar-refractivity contribution >= 4 is 26.0 Å². The number of nitrogens with one attached hydrogen (secondary N) is 1. The zero-order valence-electron chi connectivity index (χ0n) is 16.6. The number of likely N-dealkylation sites (tertiary alicyclic amines) is 1. The molecule has 2 aromatic rings. The van der Waals surface area contributed by atoms with Gasteiger partial charge in [0.25, 0.3) is 0 Å². The third-order valence-electron chi connectivity index (χ3n) is 5.03. The maximum Gasteiger partial charge on any atom is 0.243 e. The number of hydrogen-bond acceptors (Lipinski definition) is 5. The molecule has 0 atom stereocenters. The van der Waals surface area contributed by atoms with E-state index in [-0.39, 0.29) is 28.3 Å². The van der Waals surface area contributed by atoms with Crippen molar-refractivity contribution in [2.75, 3.05) is 26.7 Å². The molecule has 1 fully saturated rings. The molecule has 162 valence electrons. The van der Waals surface area contributed by atoms with Crippen molar-refractivity contribution in [1.82, 2.24) is 13.9 Å². The predicted molar refractivity (Wildman–Crippen MR) is 113 cm³/mol. The van der Waals surface area contributed by atoms with Crippen LogP contribution in [0.15, 0.2) is 70.5 Å². The van der Waals surface area contributed by atoms with E-state index < -0.39 is 20.0 Å². The molecule has 1 N–H and O–H groups in total. The molecule has 0 bridgehead atoms. The van der Waals surface area contributed by atoms with Gasteiger partial charge in [-0.2, -0.15) is 4.31 Å². The van der Waals surface area contributed by atoms with E-state index in [0.717, 1.165) is 4.31 Å². The summed E-state index contributed by atoms with van der Waals surface area (Å²) in [6, 6.07) is 15.8. The van der Waals surface area contributed by atoms with Gasteiger partial charge in [0, 0.05) is 26.2 Å². The zero-order chi connectivity index (χ0) is 21.8. The molecule has 2 aromatic carbocycles. The minimum Gasteiger partial charge on any atom is -0.341 e. The fourth-order valence-corrected chi connectivity index (χ4v) is 5.75. The summed E-state index contributed by atoms with van der Waals surface area (Å²) in [6.07, 6.45) is 0.930. The third kappa shape index (κ3) is 5.25. The van der Waals surface area contributed by atoms with E-state index in [0.29, 0.717) is 25.9 Å². The summed E-state index contributed by atoms with van der Waals surface area (Å²) >= 11 is 0. The Bertz CT molecular complexity index is 1070. The number of nitrogens with zero attached hydrogens (tertiary/aromatic N) is 2. The van der Waals surface area contributed by atoms with Crippen LogP contribution in [0, 0.1) is 0 Å². The summed E-state index contributed by atoms with van der Waals surface area (Å²) in [6.45, 7) is 0.456. The molecular formula is C20H25N3O5S2. The Morgan fingerprint density at radius 1 is 0.933 bits per heavy atom. The molecule has 0 aromatic heterocycles. The highest BCUT2D eigenvalue weighted by Crippen LogP contribution is 2.17. The van der Waals surface area contributed by atoms with Crippen molar-refractivity contribution in [3.8, 4) is 0 Å². The number of amides is 1. The van der Waals surface area contributed by atoms with Gasteiger partial charge in [0.15, 0.2) is 0 Å². The fourth-order valence-electron chi connectivity index (χ4n) is 3.28. The van der Waals surface area contributed by atoms with E-state index in [1.54, 1.807) is 41.3 Å². The first-order valence-corrected chi connectivity index (χ1v) is 12.5. The Hall–Kier alpha value is -2.27. The van der Waals surface area contributed by atoms with Crippen LogP contribution in [0.3, 0.4) is 0 Å². The number of benzene rings is 2. The Labute approximate surface area is 177 Å². The highest BCUT2D eigenvalue weighted by atomic mass is 32.2. The number of likely N-dealkylation sites (N-methyl/N-ethyl adjacent to an activating group) is 1. The summed E-state index contributed by atoms with van der Waals surface area (Å²) in [5.74, 6) is -0.304. The van der Waals surface area contributed by atoms with Crippen molar-refractivity contribution in [2.45, 2.75) is 28.7 Å². The lowest BCUT2D eigenvalue weighted by Crippen LogP contribution is -2.49. The van der Waals surface area contributed by atoms with Gasteiger partial charge >= 0.3 is 0 Å². The van der Waals surface area contributed by atoms with Crippen LogP contribution in [-0.4, -0.2) is 64.7 Å². The average Bonchev–Trinajstić information content (AvgIpc) is 2.75. The highest BCUT2D eigenvalue weighted by molar-refractivity contribution is 7.89. The summed E-state index contributed by atoms with van der Waals surface area (Å²) < 4.78 is 53.7. The van der Waals surface area contributed by atoms with Crippen molar-refractivity contribution < 1.29 is 21.6 Å². The molecule has 10 heteroatoms. The lowest BCUT2D eigenvalue weighted by Gasteiger charge is -2.33. The normalized spacial score (nSPS) is 16.0. The molecule has 8 nitrogen and oxygen atoms in total. The number of carbonyl (C=O) groups excluding carboxylic acids is 1. The van der Waals surface area contributed by atoms with Crippen molar-refractivity contribution in [1.29, 1.82) is 0 Å². The van der Waals surface area contributed by atoms with Crippen LogP contribution in [0.2, 0.25) is 0 Å². The standard InChI is InChI=1S/C20H25N3O5S2/c1-22(30(27,28)19-10-6-3-7-11-19)16-20(24)23-14-12-17(13-15-23)21-29(25,26)18-8-4-2-5-9-18/h2-11,17,21H,12-16H2,1H3. The molecule has 0 unspecified atom stereocenters. The van der Waals surface area contributed by atoms with E-state index >= 15 is 0 Å². The van der Waals surface area contributed by atoms with Crippen LogP contribution in [0.4, 0.5) is 0 Å². The first-order chi connectivity index (χ1) is 14.2. The average molecular weight is 452 g/mol. The summed E-state index contributed by atoms with van der Waals surface area (Å²) in [5.41, 5.74) is 0. The van der Waals surface area contributed by atoms with E-state index in [2.05, 4.69) is 4.72 Å². The minimum absolute atomic E-state index is 0.134. The second-order valence-corrected chi connectivity index (χ2v) is 10.9. The Balaban J connectivity index is 1.54. The molecule has 1 heterocycles. The molecule has 1 saturated heterocycles. The van der Waals surface area contributed by atoms with Crippen molar-refractivity contribution in [3.05, 3.63) is 60.7 Å². The van der Waals surface area contributed by atoms with E-state index in [1.807, 2.05) is 0 Å². The van der Waals surface area contributed by atoms with E-state index in [4.69, 9.17) is 0 Å². The molecule has 0 saturated carbocycles. The predicted octanol–water partition coefficient (Wildman–Crippen LogP) is 1.28. The Morgan fingerprint density at radius 2 is 1.43 bits per heavy atom. The molecule has 0 spiro atoms. The molecular weight excluding hydrogens is 426 g/mol. The smallest absolute Gasteiger partial charge is 0.243 e. The highest BCUT2D eigenvalue weighted by Gasteiger charge is 2.29. The van der Waals surface area contributed by atoms with Gasteiger partial charge in [-0.1, -0.05) is 36.4 Å². The van der Waals surface area contributed by atoms with Crippen molar-refractivity contribution in [2.24, 2.45) is 0 Å². The lowest BCUT2D eigenvalue weighted by atomic mass is 10.1. The van der Waals surface area contributed by atoms with Crippen LogP contribution in [0.5, 0.6) is 0 Å². The van der Waals surface area contributed by atoms with Crippen LogP contribution >= 0.6 is 0 Å². The number of hydrogen-bond donors (Lipinski definition) is 1. The van der Waals surface area contributed by atoms with Gasteiger partial charge in [0.05, 0.1) is 16.3 Å². The van der Waals surface area contributed by atoms with Crippen LogP contribution in [-0.2, 0) is 24.8 Å². The van der Waals surface area contributed by atoms with Gasteiger partial charge in [-0.3, -0.25) is 4.79 Å². The van der Waals surface area contributed by atoms with Crippen molar-refractivity contribution in [3.63, 3.8) is 0 Å². The van der Waals surface area contributed by atoms with Gasteiger partial charge in [-0.15, -0.1) is 0 Å². The second-order valence-electron chi connectivity index (χ2n) is 7.16. The lowest BCUT2D eigenvalue weighted by molar-refractivity contribution is -0.132. The van der Waals surface area contributed by atoms with Gasteiger partial charge in [-0.25, -0.2) is 21.6 Å². The van der Waals surface area contributed by atoms with Crippen LogP contribution < -0.4 is 4.72 Å². The van der Waals surface area contributed by atoms with Crippen LogP contribution in [0.25, 0.3) is 0 Å². The number of piperidine rings is 1. The maximum absolute atomic E-state index is 12.6. The number of sulfonamides is 2. The molecule has 3 rings (SSSR count). The molecule has 1 aliphatic rings. The Kier molecular flexibility index (Phi) is 6.91. The van der Waals surface area contributed by atoms with Crippen LogP contribution in [0.1, 0.15) is 12.8 Å². The zero-order valence-corrected chi connectivity index (χ0v) is 18.3. The molecule has 1 amide bonds. The van der Waals surface area contributed by atoms with Gasteiger partial charge in [0.2, 0.25) is 26.0 Å². The molecule has 30 heavy (non-hydrogen) atoms. The second kappa shape index (κ2) is 9.25. The van der Waals surface area contributed by atoms with E-state index in [9.17, 15) is 21.6 Å². The summed E-state index contributed by atoms with van der Waals surface area (Å²) in [4.78, 5) is 14.5. The number of carbonyl (C=O) groups is 1. The first-order valence-electron chi connectivity index (χ1n) is 9.57. The fraction of sp³-hybridized carbons (Fsp3) is 0.350. The molecule has 1 aliphatic heterocycles. The summed E-state index contributed by atoms with van der Waals surface area (Å²) in [5, 5.41) is 0. The minimum atomic E-state index is -3.74. The summed E-state index contributed by atoms with van der Waals surface area (Å²) in [7, 11) is -5.98. The van der Waals surface area contributed by atoms with E-state index in [1.165, 1.54) is 31.3 Å². The maximum atomic E-state index is 12.6. The van der Waals surface area contributed by atoms with Gasteiger partial charge in [0.1, 0.15) is 0 Å². The molecule has 0 aliphatic carbocycles. The van der Waals surface area contributed by atoms with Gasteiger partial charge in [-0.05, 0) is 37.1 Å². The molecule has 0 radical (unpaired) electrons. The topological polar surface area (TPSA) is 104 Å².